The number of furan rings is 1. The minimum Gasteiger partial charge on any atom is -0.456 e. The van der Waals surface area contributed by atoms with Gasteiger partial charge in [0.25, 0.3) is 0 Å². The number of rotatable bonds is 7. The van der Waals surface area contributed by atoms with E-state index in [0.29, 0.717) is 0 Å². The zero-order chi connectivity index (χ0) is 42.1. The molecule has 0 amide bonds. The second-order valence-corrected chi connectivity index (χ2v) is 17.3. The SMILES string of the molecule is CC1(C)c2ccccc2-c2cccc(-c3ccc(N(c4ccc(-c5ccc6c(c5)oc5ccccc56)cc4)c4cccc(-c5cccc(-c6cccc7ccccc67)c5)c4)cc3)c21. The lowest BCUT2D eigenvalue weighted by Crippen LogP contribution is -2.16. The van der Waals surface area contributed by atoms with Gasteiger partial charge < -0.3 is 9.32 Å². The Morgan fingerprint density at radius 3 is 1.73 bits per heavy atom. The average molecular weight is 806 g/mol. The topological polar surface area (TPSA) is 16.4 Å². The maximum absolute atomic E-state index is 6.28. The van der Waals surface area contributed by atoms with Crippen molar-refractivity contribution in [1.29, 1.82) is 0 Å². The molecular weight excluding hydrogens is 763 g/mol. The van der Waals surface area contributed by atoms with Crippen LogP contribution >= 0.6 is 0 Å². The summed E-state index contributed by atoms with van der Waals surface area (Å²) in [5, 5.41) is 4.78. The highest BCUT2D eigenvalue weighted by Gasteiger charge is 2.37. The third-order valence-corrected chi connectivity index (χ3v) is 13.3. The molecule has 1 aliphatic carbocycles. The van der Waals surface area contributed by atoms with Gasteiger partial charge in [0.05, 0.1) is 0 Å². The number of nitrogens with zero attached hydrogens (tertiary/aromatic N) is 1. The largest absolute Gasteiger partial charge is 0.456 e. The van der Waals surface area contributed by atoms with Gasteiger partial charge in [-0.1, -0.05) is 178 Å². The number of benzene rings is 10. The normalized spacial score (nSPS) is 12.7. The molecule has 0 fully saturated rings. The van der Waals surface area contributed by atoms with Crippen molar-refractivity contribution in [3.63, 3.8) is 0 Å². The highest BCUT2D eigenvalue weighted by molar-refractivity contribution is 6.06. The third-order valence-electron chi connectivity index (χ3n) is 13.3. The van der Waals surface area contributed by atoms with E-state index in [0.717, 1.165) is 55.7 Å². The predicted octanol–water partition coefficient (Wildman–Crippen LogP) is 17.2. The van der Waals surface area contributed by atoms with Crippen LogP contribution in [0.3, 0.4) is 0 Å². The van der Waals surface area contributed by atoms with E-state index in [1.807, 2.05) is 12.1 Å². The Balaban J connectivity index is 0.946. The molecule has 10 aromatic carbocycles. The lowest BCUT2D eigenvalue weighted by atomic mass is 9.79. The molecule has 0 saturated carbocycles. The van der Waals surface area contributed by atoms with Crippen molar-refractivity contribution in [1.82, 2.24) is 0 Å². The van der Waals surface area contributed by atoms with Gasteiger partial charge >= 0.3 is 0 Å². The Morgan fingerprint density at radius 1 is 0.333 bits per heavy atom. The monoisotopic (exact) mass is 805 g/mol. The van der Waals surface area contributed by atoms with Crippen LogP contribution in [0, 0.1) is 0 Å². The van der Waals surface area contributed by atoms with Crippen molar-refractivity contribution < 1.29 is 4.42 Å². The molecule has 0 aliphatic heterocycles. The van der Waals surface area contributed by atoms with Crippen LogP contribution in [0.2, 0.25) is 0 Å². The zero-order valence-electron chi connectivity index (χ0n) is 35.2. The molecule has 0 saturated heterocycles. The van der Waals surface area contributed by atoms with E-state index in [2.05, 4.69) is 231 Å². The Kier molecular flexibility index (Phi) is 8.55. The van der Waals surface area contributed by atoms with Gasteiger partial charge in [-0.05, 0) is 138 Å². The highest BCUT2D eigenvalue weighted by Crippen LogP contribution is 2.52. The van der Waals surface area contributed by atoms with Gasteiger partial charge in [0, 0.05) is 33.2 Å². The van der Waals surface area contributed by atoms with Crippen molar-refractivity contribution in [3.05, 3.63) is 236 Å². The molecule has 0 unspecified atom stereocenters. The smallest absolute Gasteiger partial charge is 0.136 e. The molecule has 0 N–H and O–H groups in total. The molecular formula is C61H43NO. The third kappa shape index (κ3) is 6.17. The quantitative estimate of drug-likeness (QED) is 0.160. The molecule has 0 atom stereocenters. The van der Waals surface area contributed by atoms with Crippen LogP contribution < -0.4 is 4.90 Å². The standard InChI is InChI=1S/C61H43NO/c1-61(2)57-25-7-5-20-53(57)56-24-12-23-52(60(56)61)42-29-34-48(35-30-42)62(47-32-27-40(28-33-47)45-31-36-55-54-21-6-8-26-58(54)63-59(55)39-45)49-18-10-16-44(38-49)43-15-9-17-46(37-43)51-22-11-14-41-13-3-4-19-50(41)51/h3-39H,1-2H3. The molecule has 0 bridgehead atoms. The Labute approximate surface area is 368 Å². The maximum Gasteiger partial charge on any atom is 0.136 e. The van der Waals surface area contributed by atoms with Crippen molar-refractivity contribution >= 4 is 49.8 Å². The van der Waals surface area contributed by atoms with E-state index in [-0.39, 0.29) is 5.41 Å². The number of hydrogen-bond acceptors (Lipinski definition) is 2. The number of para-hydroxylation sites is 1. The summed E-state index contributed by atoms with van der Waals surface area (Å²) in [6.45, 7) is 4.72. The number of anilines is 3. The van der Waals surface area contributed by atoms with Crippen molar-refractivity contribution in [3.8, 4) is 55.6 Å². The van der Waals surface area contributed by atoms with Gasteiger partial charge in [-0.15, -0.1) is 0 Å². The second-order valence-electron chi connectivity index (χ2n) is 17.3. The lowest BCUT2D eigenvalue weighted by Gasteiger charge is -2.27. The summed E-state index contributed by atoms with van der Waals surface area (Å²) < 4.78 is 6.28. The molecule has 1 aliphatic rings. The Bertz CT molecular complexity index is 3530. The molecule has 1 heterocycles. The molecule has 2 heteroatoms. The first kappa shape index (κ1) is 36.9. The van der Waals surface area contributed by atoms with Crippen LogP contribution in [0.25, 0.3) is 88.3 Å². The first-order chi connectivity index (χ1) is 31.0. The second kappa shape index (κ2) is 14.6. The summed E-state index contributed by atoms with van der Waals surface area (Å²) in [5.74, 6) is 0. The van der Waals surface area contributed by atoms with Crippen LogP contribution in [0.15, 0.2) is 229 Å². The van der Waals surface area contributed by atoms with E-state index in [4.69, 9.17) is 4.42 Å². The minimum absolute atomic E-state index is 0.102. The molecule has 298 valence electrons. The van der Waals surface area contributed by atoms with Crippen molar-refractivity contribution in [2.24, 2.45) is 0 Å². The zero-order valence-corrected chi connectivity index (χ0v) is 35.2. The van der Waals surface area contributed by atoms with Crippen LogP contribution in [0.1, 0.15) is 25.0 Å². The van der Waals surface area contributed by atoms with E-state index in [1.54, 1.807) is 0 Å². The Hall–Kier alpha value is -7.94. The Morgan fingerprint density at radius 2 is 0.889 bits per heavy atom. The van der Waals surface area contributed by atoms with Gasteiger partial charge in [-0.2, -0.15) is 0 Å². The highest BCUT2D eigenvalue weighted by atomic mass is 16.3. The fourth-order valence-corrected chi connectivity index (χ4v) is 10.2. The van der Waals surface area contributed by atoms with Gasteiger partial charge in [-0.3, -0.25) is 0 Å². The fraction of sp³-hybridized carbons (Fsp3) is 0.0492. The summed E-state index contributed by atoms with van der Waals surface area (Å²) in [6.07, 6.45) is 0. The molecule has 0 radical (unpaired) electrons. The molecule has 12 rings (SSSR count). The fourth-order valence-electron chi connectivity index (χ4n) is 10.2. The average Bonchev–Trinajstić information content (AvgIpc) is 3.83. The summed E-state index contributed by atoms with van der Waals surface area (Å²) >= 11 is 0. The molecule has 63 heavy (non-hydrogen) atoms. The first-order valence-electron chi connectivity index (χ1n) is 21.8. The van der Waals surface area contributed by atoms with Crippen LogP contribution in [-0.2, 0) is 5.41 Å². The molecule has 1 aromatic heterocycles. The van der Waals surface area contributed by atoms with Crippen LogP contribution in [-0.4, -0.2) is 0 Å². The summed E-state index contributed by atoms with van der Waals surface area (Å²) in [4.78, 5) is 2.38. The molecule has 2 nitrogen and oxygen atoms in total. The first-order valence-corrected chi connectivity index (χ1v) is 21.8. The number of hydrogen-bond donors (Lipinski definition) is 0. The van der Waals surface area contributed by atoms with Gasteiger partial charge in [0.2, 0.25) is 0 Å². The van der Waals surface area contributed by atoms with Crippen molar-refractivity contribution in [2.45, 2.75) is 19.3 Å². The minimum atomic E-state index is -0.102. The van der Waals surface area contributed by atoms with Crippen LogP contribution in [0.5, 0.6) is 0 Å². The number of fused-ring (bicyclic) bond motifs is 7. The lowest BCUT2D eigenvalue weighted by molar-refractivity contribution is 0.662. The molecule has 0 spiro atoms. The van der Waals surface area contributed by atoms with Crippen LogP contribution in [0.4, 0.5) is 17.1 Å². The van der Waals surface area contributed by atoms with Gasteiger partial charge in [0.1, 0.15) is 11.2 Å². The van der Waals surface area contributed by atoms with Crippen molar-refractivity contribution in [2.75, 3.05) is 4.90 Å². The molecule has 11 aromatic rings. The van der Waals surface area contributed by atoms with E-state index >= 15 is 0 Å². The van der Waals surface area contributed by atoms with E-state index in [1.165, 1.54) is 60.8 Å². The predicted molar refractivity (Wildman–Crippen MR) is 265 cm³/mol. The van der Waals surface area contributed by atoms with Gasteiger partial charge in [0.15, 0.2) is 0 Å². The summed E-state index contributed by atoms with van der Waals surface area (Å²) in [5.41, 5.74) is 20.0. The van der Waals surface area contributed by atoms with E-state index < -0.39 is 0 Å². The van der Waals surface area contributed by atoms with E-state index in [9.17, 15) is 0 Å². The summed E-state index contributed by atoms with van der Waals surface area (Å²) in [6, 6.07) is 81.6. The maximum atomic E-state index is 6.28. The van der Waals surface area contributed by atoms with Gasteiger partial charge in [-0.25, -0.2) is 0 Å². The summed E-state index contributed by atoms with van der Waals surface area (Å²) in [7, 11) is 0.